The summed E-state index contributed by atoms with van der Waals surface area (Å²) < 4.78 is 0. The summed E-state index contributed by atoms with van der Waals surface area (Å²) in [5.41, 5.74) is 4.90. The summed E-state index contributed by atoms with van der Waals surface area (Å²) in [5, 5.41) is 13.8. The van der Waals surface area contributed by atoms with Gasteiger partial charge in [0.05, 0.1) is 6.04 Å². The van der Waals surface area contributed by atoms with Crippen LogP contribution in [-0.4, -0.2) is 42.0 Å². The second kappa shape index (κ2) is 6.78. The summed E-state index contributed by atoms with van der Waals surface area (Å²) >= 11 is 0. The number of carbonyl (C=O) groups excluding carboxylic acids is 2. The van der Waals surface area contributed by atoms with Crippen LogP contribution in [0, 0.1) is 0 Å². The van der Waals surface area contributed by atoms with Crippen molar-refractivity contribution in [3.05, 3.63) is 0 Å². The van der Waals surface area contributed by atoms with E-state index in [0.29, 0.717) is 0 Å². The molecule has 16 heavy (non-hydrogen) atoms. The molecule has 7 heteroatoms. The lowest BCUT2D eigenvalue weighted by atomic mass is 10.1. The van der Waals surface area contributed by atoms with Crippen LogP contribution in [0.1, 0.15) is 19.8 Å². The summed E-state index contributed by atoms with van der Waals surface area (Å²) in [6.45, 7) is 1.60. The van der Waals surface area contributed by atoms with Crippen molar-refractivity contribution in [2.24, 2.45) is 5.73 Å². The maximum Gasteiger partial charge on any atom is 0.326 e. The highest BCUT2D eigenvalue weighted by Gasteiger charge is 2.22. The Kier molecular flexibility index (Phi) is 6.09. The van der Waals surface area contributed by atoms with Crippen LogP contribution in [-0.2, 0) is 14.4 Å². The molecule has 0 fully saturated rings. The van der Waals surface area contributed by atoms with E-state index < -0.39 is 29.9 Å². The van der Waals surface area contributed by atoms with E-state index in [9.17, 15) is 14.4 Å². The highest BCUT2D eigenvalue weighted by Crippen LogP contribution is 1.98. The maximum atomic E-state index is 11.4. The fourth-order valence-electron chi connectivity index (χ4n) is 0.972. The molecule has 5 N–H and O–H groups in total. The number of aliphatic carboxylic acids is 1. The Morgan fingerprint density at radius 1 is 1.38 bits per heavy atom. The van der Waals surface area contributed by atoms with E-state index in [1.807, 2.05) is 0 Å². The molecule has 0 spiro atoms. The zero-order valence-corrected chi connectivity index (χ0v) is 9.32. The Bertz CT molecular complexity index is 280. The lowest BCUT2D eigenvalue weighted by Crippen LogP contribution is -2.48. The molecule has 0 aliphatic carbocycles. The van der Waals surface area contributed by atoms with Gasteiger partial charge in [-0.15, -0.1) is 0 Å². The first-order chi connectivity index (χ1) is 7.38. The monoisotopic (exact) mass is 231 g/mol. The topological polar surface area (TPSA) is 122 Å². The van der Waals surface area contributed by atoms with E-state index in [1.165, 1.54) is 0 Å². The van der Waals surface area contributed by atoms with Crippen LogP contribution in [0.4, 0.5) is 0 Å². The van der Waals surface area contributed by atoms with E-state index in [4.69, 9.17) is 10.8 Å². The number of hydrogen-bond acceptors (Lipinski definition) is 4. The van der Waals surface area contributed by atoms with E-state index in [0.717, 1.165) is 0 Å². The highest BCUT2D eigenvalue weighted by atomic mass is 16.4. The van der Waals surface area contributed by atoms with Crippen LogP contribution in [0.5, 0.6) is 0 Å². The minimum Gasteiger partial charge on any atom is -0.480 e. The molecular formula is C9H17N3O4. The summed E-state index contributed by atoms with van der Waals surface area (Å²) in [6.07, 6.45) is -0.0853. The fraction of sp³-hybridized carbons (Fsp3) is 0.667. The van der Waals surface area contributed by atoms with Crippen molar-refractivity contribution in [2.45, 2.75) is 31.8 Å². The molecule has 0 heterocycles. The molecule has 0 aromatic heterocycles. The first kappa shape index (κ1) is 14.4. The first-order valence-electron chi connectivity index (χ1n) is 4.87. The molecule has 0 bridgehead atoms. The van der Waals surface area contributed by atoms with Gasteiger partial charge in [-0.05, 0) is 20.4 Å². The van der Waals surface area contributed by atoms with Gasteiger partial charge in [-0.3, -0.25) is 9.59 Å². The molecular weight excluding hydrogens is 214 g/mol. The lowest BCUT2D eigenvalue weighted by Gasteiger charge is -2.16. The van der Waals surface area contributed by atoms with Crippen LogP contribution >= 0.6 is 0 Å². The third-order valence-electron chi connectivity index (χ3n) is 2.12. The standard InChI is InChI=1S/C9H17N3O4/c1-5(11-2)8(14)12-6(9(15)16)3-4-7(10)13/h5-6,11H,3-4H2,1-2H3,(H2,10,13)(H,12,14)(H,15,16)/t5?,6-/m0/s1. The van der Waals surface area contributed by atoms with Gasteiger partial charge in [0.15, 0.2) is 0 Å². The molecule has 0 saturated heterocycles. The number of amides is 2. The van der Waals surface area contributed by atoms with Crippen LogP contribution in [0.2, 0.25) is 0 Å². The minimum absolute atomic E-state index is 0.00710. The molecule has 2 amide bonds. The van der Waals surface area contributed by atoms with Crippen molar-refractivity contribution in [2.75, 3.05) is 7.05 Å². The van der Waals surface area contributed by atoms with Gasteiger partial charge in [-0.2, -0.15) is 0 Å². The van der Waals surface area contributed by atoms with Gasteiger partial charge in [0.1, 0.15) is 6.04 Å². The average molecular weight is 231 g/mol. The third-order valence-corrected chi connectivity index (χ3v) is 2.12. The SMILES string of the molecule is CNC(C)C(=O)N[C@@H](CCC(N)=O)C(=O)O. The van der Waals surface area contributed by atoms with Gasteiger partial charge in [-0.1, -0.05) is 0 Å². The van der Waals surface area contributed by atoms with Gasteiger partial charge in [0, 0.05) is 6.42 Å². The van der Waals surface area contributed by atoms with Gasteiger partial charge < -0.3 is 21.5 Å². The quantitative estimate of drug-likeness (QED) is 0.421. The van der Waals surface area contributed by atoms with Crippen LogP contribution in [0.25, 0.3) is 0 Å². The number of rotatable bonds is 7. The summed E-state index contributed by atoms with van der Waals surface area (Å²) in [6, 6.07) is -1.58. The summed E-state index contributed by atoms with van der Waals surface area (Å²) in [4.78, 5) is 32.7. The number of primary amides is 1. The van der Waals surface area contributed by atoms with Crippen molar-refractivity contribution in [3.8, 4) is 0 Å². The molecule has 0 saturated carbocycles. The molecule has 1 unspecified atom stereocenters. The Balaban J connectivity index is 4.28. The van der Waals surface area contributed by atoms with E-state index in [1.54, 1.807) is 14.0 Å². The van der Waals surface area contributed by atoms with E-state index in [-0.39, 0.29) is 12.8 Å². The summed E-state index contributed by atoms with van der Waals surface area (Å²) in [7, 11) is 1.59. The number of nitrogens with two attached hydrogens (primary N) is 1. The zero-order valence-electron chi connectivity index (χ0n) is 9.32. The number of carboxylic acids is 1. The Hall–Kier alpha value is -1.63. The van der Waals surface area contributed by atoms with Gasteiger partial charge in [-0.25, -0.2) is 4.79 Å². The molecule has 92 valence electrons. The largest absolute Gasteiger partial charge is 0.480 e. The summed E-state index contributed by atoms with van der Waals surface area (Å²) in [5.74, 6) is -2.21. The van der Waals surface area contributed by atoms with Crippen LogP contribution < -0.4 is 16.4 Å². The molecule has 0 aliphatic heterocycles. The smallest absolute Gasteiger partial charge is 0.326 e. The molecule has 2 atom stereocenters. The fourth-order valence-corrected chi connectivity index (χ4v) is 0.972. The normalized spacial score (nSPS) is 13.9. The first-order valence-corrected chi connectivity index (χ1v) is 4.87. The minimum atomic E-state index is -1.18. The predicted molar refractivity (Wildman–Crippen MR) is 56.5 cm³/mol. The molecule has 0 rings (SSSR count). The third kappa shape index (κ3) is 5.30. The Morgan fingerprint density at radius 3 is 2.31 bits per heavy atom. The Labute approximate surface area is 93.4 Å². The lowest BCUT2D eigenvalue weighted by molar-refractivity contribution is -0.142. The van der Waals surface area contributed by atoms with Crippen molar-refractivity contribution in [3.63, 3.8) is 0 Å². The van der Waals surface area contributed by atoms with Crippen LogP contribution in [0.3, 0.4) is 0 Å². The van der Waals surface area contributed by atoms with Crippen molar-refractivity contribution >= 4 is 17.8 Å². The Morgan fingerprint density at radius 2 is 1.94 bits per heavy atom. The van der Waals surface area contributed by atoms with Gasteiger partial charge >= 0.3 is 5.97 Å². The second-order valence-corrected chi connectivity index (χ2v) is 3.41. The van der Waals surface area contributed by atoms with E-state index >= 15 is 0 Å². The van der Waals surface area contributed by atoms with Crippen LogP contribution in [0.15, 0.2) is 0 Å². The number of nitrogens with one attached hydrogen (secondary N) is 2. The van der Waals surface area contributed by atoms with Crippen molar-refractivity contribution in [1.82, 2.24) is 10.6 Å². The maximum absolute atomic E-state index is 11.4. The highest BCUT2D eigenvalue weighted by molar-refractivity contribution is 5.87. The van der Waals surface area contributed by atoms with Gasteiger partial charge in [0.2, 0.25) is 11.8 Å². The molecule has 0 radical (unpaired) electrons. The molecule has 0 aromatic carbocycles. The zero-order chi connectivity index (χ0) is 12.7. The number of carboxylic acid groups (broad SMARTS) is 1. The second-order valence-electron chi connectivity index (χ2n) is 3.41. The molecule has 0 aromatic rings. The van der Waals surface area contributed by atoms with Crippen molar-refractivity contribution in [1.29, 1.82) is 0 Å². The van der Waals surface area contributed by atoms with Crippen molar-refractivity contribution < 1.29 is 19.5 Å². The molecule has 0 aliphatic rings. The molecule has 7 nitrogen and oxygen atoms in total. The van der Waals surface area contributed by atoms with Gasteiger partial charge in [0.25, 0.3) is 0 Å². The number of carbonyl (C=O) groups is 3. The number of hydrogen-bond donors (Lipinski definition) is 4. The number of likely N-dealkylation sites (N-methyl/N-ethyl adjacent to an activating group) is 1. The average Bonchev–Trinajstić information content (AvgIpc) is 2.21. The predicted octanol–water partition coefficient (Wildman–Crippen LogP) is -1.57. The van der Waals surface area contributed by atoms with E-state index in [2.05, 4.69) is 10.6 Å².